The first-order chi connectivity index (χ1) is 11.7. The quantitative estimate of drug-likeness (QED) is 0.872. The van der Waals surface area contributed by atoms with Crippen molar-refractivity contribution in [2.45, 2.75) is 38.0 Å². The molecule has 2 aliphatic rings. The third-order valence-electron chi connectivity index (χ3n) is 5.17. The average molecular weight is 329 g/mol. The largest absolute Gasteiger partial charge is 0.341 e. The molecular formula is C19H27N3O2. The van der Waals surface area contributed by atoms with Crippen molar-refractivity contribution in [3.63, 3.8) is 0 Å². The van der Waals surface area contributed by atoms with Gasteiger partial charge in [0.15, 0.2) is 0 Å². The zero-order valence-electron chi connectivity index (χ0n) is 14.2. The smallest absolute Gasteiger partial charge is 0.315 e. The molecule has 0 spiro atoms. The maximum Gasteiger partial charge on any atom is 0.315 e. The van der Waals surface area contributed by atoms with Crippen molar-refractivity contribution in [2.24, 2.45) is 5.92 Å². The van der Waals surface area contributed by atoms with E-state index < -0.39 is 0 Å². The van der Waals surface area contributed by atoms with Crippen LogP contribution in [0.4, 0.5) is 4.79 Å². The lowest BCUT2D eigenvalue weighted by atomic mass is 9.71. The minimum atomic E-state index is -0.233. The van der Waals surface area contributed by atoms with Gasteiger partial charge in [0.25, 0.3) is 0 Å². The van der Waals surface area contributed by atoms with Crippen molar-refractivity contribution in [3.8, 4) is 0 Å². The Morgan fingerprint density at radius 1 is 1.00 bits per heavy atom. The van der Waals surface area contributed by atoms with Gasteiger partial charge in [0.1, 0.15) is 0 Å². The van der Waals surface area contributed by atoms with Gasteiger partial charge in [0.05, 0.1) is 6.54 Å². The van der Waals surface area contributed by atoms with Crippen molar-refractivity contribution in [2.75, 3.05) is 26.2 Å². The van der Waals surface area contributed by atoms with E-state index in [-0.39, 0.29) is 18.5 Å². The minimum Gasteiger partial charge on any atom is -0.341 e. The molecule has 1 aromatic carbocycles. The molecule has 0 unspecified atom stereocenters. The molecule has 1 heterocycles. The van der Waals surface area contributed by atoms with E-state index in [1.807, 2.05) is 11.0 Å². The van der Waals surface area contributed by atoms with Gasteiger partial charge in [-0.1, -0.05) is 30.3 Å². The van der Waals surface area contributed by atoms with E-state index in [0.29, 0.717) is 18.4 Å². The molecule has 0 bridgehead atoms. The van der Waals surface area contributed by atoms with Gasteiger partial charge in [-0.25, -0.2) is 4.79 Å². The number of nitrogens with zero attached hydrogens (tertiary/aromatic N) is 1. The Labute approximate surface area is 143 Å². The lowest BCUT2D eigenvalue weighted by molar-refractivity contribution is -0.130. The van der Waals surface area contributed by atoms with Crippen molar-refractivity contribution < 1.29 is 9.59 Å². The van der Waals surface area contributed by atoms with E-state index in [0.717, 1.165) is 38.8 Å². The summed E-state index contributed by atoms with van der Waals surface area (Å²) in [5, 5.41) is 5.58. The highest BCUT2D eigenvalue weighted by Gasteiger charge is 2.30. The van der Waals surface area contributed by atoms with Crippen molar-refractivity contribution in [3.05, 3.63) is 35.9 Å². The first-order valence-electron chi connectivity index (χ1n) is 9.07. The zero-order chi connectivity index (χ0) is 16.8. The predicted octanol–water partition coefficient (Wildman–Crippen LogP) is 2.49. The van der Waals surface area contributed by atoms with E-state index in [1.165, 1.54) is 12.0 Å². The molecule has 5 heteroatoms. The Morgan fingerprint density at radius 3 is 2.42 bits per heavy atom. The summed E-state index contributed by atoms with van der Waals surface area (Å²) in [5.41, 5.74) is 1.39. The molecule has 0 atom stereocenters. The number of amides is 3. The second-order valence-corrected chi connectivity index (χ2v) is 6.95. The van der Waals surface area contributed by atoms with Crippen LogP contribution in [0.1, 0.15) is 43.6 Å². The molecule has 3 rings (SSSR count). The topological polar surface area (TPSA) is 61.4 Å². The molecule has 1 saturated carbocycles. The SMILES string of the molecule is O=C(NCC(=O)N1CCCCC1)NCC1CC(c2ccccc2)C1. The van der Waals surface area contributed by atoms with E-state index >= 15 is 0 Å². The van der Waals surface area contributed by atoms with Gasteiger partial charge < -0.3 is 15.5 Å². The number of piperidine rings is 1. The number of benzene rings is 1. The lowest BCUT2D eigenvalue weighted by Crippen LogP contribution is -2.46. The minimum absolute atomic E-state index is 0.0256. The summed E-state index contributed by atoms with van der Waals surface area (Å²) in [5.74, 6) is 1.19. The number of urea groups is 1. The normalized spacial score (nSPS) is 23.2. The number of rotatable bonds is 5. The summed E-state index contributed by atoms with van der Waals surface area (Å²) in [6.07, 6.45) is 5.58. The lowest BCUT2D eigenvalue weighted by Gasteiger charge is -2.35. The van der Waals surface area contributed by atoms with Crippen LogP contribution in [0.3, 0.4) is 0 Å². The van der Waals surface area contributed by atoms with Crippen LogP contribution in [0, 0.1) is 5.92 Å². The van der Waals surface area contributed by atoms with Crippen LogP contribution in [-0.4, -0.2) is 43.0 Å². The maximum atomic E-state index is 12.0. The summed E-state index contributed by atoms with van der Waals surface area (Å²) < 4.78 is 0. The summed E-state index contributed by atoms with van der Waals surface area (Å²) in [4.78, 5) is 25.7. The van der Waals surface area contributed by atoms with Gasteiger partial charge in [-0.15, -0.1) is 0 Å². The highest BCUT2D eigenvalue weighted by molar-refractivity contribution is 5.84. The molecule has 0 radical (unpaired) electrons. The number of likely N-dealkylation sites (tertiary alicyclic amines) is 1. The fourth-order valence-electron chi connectivity index (χ4n) is 3.61. The molecule has 2 N–H and O–H groups in total. The van der Waals surface area contributed by atoms with Gasteiger partial charge in [0, 0.05) is 19.6 Å². The van der Waals surface area contributed by atoms with Crippen LogP contribution in [-0.2, 0) is 4.79 Å². The standard InChI is InChI=1S/C19H27N3O2/c23-18(22-9-5-2-6-10-22)14-21-19(24)20-13-15-11-17(12-15)16-7-3-1-4-8-16/h1,3-4,7-8,15,17H,2,5-6,9-14H2,(H2,20,21,24). The van der Waals surface area contributed by atoms with Crippen LogP contribution in [0.2, 0.25) is 0 Å². The van der Waals surface area contributed by atoms with Crippen LogP contribution < -0.4 is 10.6 Å². The average Bonchev–Trinajstić information content (AvgIpc) is 2.60. The van der Waals surface area contributed by atoms with Gasteiger partial charge in [-0.3, -0.25) is 4.79 Å². The summed E-state index contributed by atoms with van der Waals surface area (Å²) in [7, 11) is 0. The first-order valence-corrected chi connectivity index (χ1v) is 9.07. The molecule has 5 nitrogen and oxygen atoms in total. The number of carbonyl (C=O) groups excluding carboxylic acids is 2. The van der Waals surface area contributed by atoms with E-state index in [4.69, 9.17) is 0 Å². The molecule has 3 amide bonds. The number of hydrogen-bond acceptors (Lipinski definition) is 2. The monoisotopic (exact) mass is 329 g/mol. The first kappa shape index (κ1) is 16.8. The van der Waals surface area contributed by atoms with Crippen LogP contribution in [0.15, 0.2) is 30.3 Å². The Kier molecular flexibility index (Phi) is 5.72. The molecule has 1 aromatic rings. The highest BCUT2D eigenvalue weighted by atomic mass is 16.2. The molecule has 0 aromatic heterocycles. The van der Waals surface area contributed by atoms with Crippen LogP contribution >= 0.6 is 0 Å². The number of nitrogens with one attached hydrogen (secondary N) is 2. The Hall–Kier alpha value is -2.04. The maximum absolute atomic E-state index is 12.0. The summed E-state index contributed by atoms with van der Waals surface area (Å²) in [6.45, 7) is 2.44. The van der Waals surface area contributed by atoms with Gasteiger partial charge in [-0.05, 0) is 49.5 Å². The Bertz CT molecular complexity index is 549. The summed E-state index contributed by atoms with van der Waals surface area (Å²) >= 11 is 0. The second kappa shape index (κ2) is 8.18. The molecule has 1 saturated heterocycles. The van der Waals surface area contributed by atoms with E-state index in [2.05, 4.69) is 34.9 Å². The predicted molar refractivity (Wildman–Crippen MR) is 93.7 cm³/mol. The molecule has 1 aliphatic carbocycles. The molecule has 2 fully saturated rings. The van der Waals surface area contributed by atoms with Gasteiger partial charge >= 0.3 is 6.03 Å². The Balaban J connectivity index is 1.29. The van der Waals surface area contributed by atoms with Crippen molar-refractivity contribution in [1.29, 1.82) is 0 Å². The Morgan fingerprint density at radius 2 is 1.71 bits per heavy atom. The van der Waals surface area contributed by atoms with Crippen molar-refractivity contribution >= 4 is 11.9 Å². The van der Waals surface area contributed by atoms with Gasteiger partial charge in [0.2, 0.25) is 5.91 Å². The fourth-order valence-corrected chi connectivity index (χ4v) is 3.61. The van der Waals surface area contributed by atoms with Crippen LogP contribution in [0.25, 0.3) is 0 Å². The third kappa shape index (κ3) is 4.49. The molecule has 130 valence electrons. The number of carbonyl (C=O) groups is 2. The molecular weight excluding hydrogens is 302 g/mol. The number of hydrogen-bond donors (Lipinski definition) is 2. The molecule has 24 heavy (non-hydrogen) atoms. The molecule has 1 aliphatic heterocycles. The van der Waals surface area contributed by atoms with Crippen LogP contribution in [0.5, 0.6) is 0 Å². The van der Waals surface area contributed by atoms with Crippen molar-refractivity contribution in [1.82, 2.24) is 15.5 Å². The third-order valence-corrected chi connectivity index (χ3v) is 5.17. The second-order valence-electron chi connectivity index (χ2n) is 6.95. The fraction of sp³-hybridized carbons (Fsp3) is 0.579. The zero-order valence-corrected chi connectivity index (χ0v) is 14.2. The van der Waals surface area contributed by atoms with Gasteiger partial charge in [-0.2, -0.15) is 0 Å². The summed E-state index contributed by atoms with van der Waals surface area (Å²) in [6, 6.07) is 10.3. The van der Waals surface area contributed by atoms with E-state index in [1.54, 1.807) is 0 Å². The highest BCUT2D eigenvalue weighted by Crippen LogP contribution is 2.40. The van der Waals surface area contributed by atoms with E-state index in [9.17, 15) is 9.59 Å².